The van der Waals surface area contributed by atoms with Gasteiger partial charge in [0, 0.05) is 37.8 Å². The Bertz CT molecular complexity index is 1080. The predicted octanol–water partition coefficient (Wildman–Crippen LogP) is 3.58. The second-order valence-electron chi connectivity index (χ2n) is 8.04. The summed E-state index contributed by atoms with van der Waals surface area (Å²) in [6, 6.07) is 13.9. The van der Waals surface area contributed by atoms with Crippen molar-refractivity contribution in [2.75, 3.05) is 19.6 Å². The number of rotatable bonds is 5. The molecule has 0 bridgehead atoms. The minimum absolute atomic E-state index is 0.101. The third-order valence-electron chi connectivity index (χ3n) is 5.93. The van der Waals surface area contributed by atoms with Gasteiger partial charge in [-0.25, -0.2) is 0 Å². The highest BCUT2D eigenvalue weighted by Gasteiger charge is 2.48. The molecule has 2 aromatic rings. The fourth-order valence-corrected chi connectivity index (χ4v) is 4.74. The fraction of sp³-hybridized carbons (Fsp3) is 0.409. The Kier molecular flexibility index (Phi) is 6.17. The van der Waals surface area contributed by atoms with Crippen LogP contribution in [-0.4, -0.2) is 55.3 Å². The maximum Gasteiger partial charge on any atom is 0.534 e. The van der Waals surface area contributed by atoms with Crippen molar-refractivity contribution >= 4 is 16.0 Å². The average molecular weight is 468 g/mol. The van der Waals surface area contributed by atoms with Gasteiger partial charge in [0.15, 0.2) is 0 Å². The summed E-state index contributed by atoms with van der Waals surface area (Å²) in [4.78, 5) is 17.2. The number of alkyl halides is 3. The first-order valence-electron chi connectivity index (χ1n) is 10.3. The van der Waals surface area contributed by atoms with Crippen molar-refractivity contribution in [2.24, 2.45) is 0 Å². The lowest BCUT2D eigenvalue weighted by Crippen LogP contribution is -2.49. The second-order valence-corrected chi connectivity index (χ2v) is 9.58. The second kappa shape index (κ2) is 8.74. The van der Waals surface area contributed by atoms with Crippen LogP contribution in [0.15, 0.2) is 48.5 Å². The largest absolute Gasteiger partial charge is 0.534 e. The first-order valence-corrected chi connectivity index (χ1v) is 11.8. The van der Waals surface area contributed by atoms with Gasteiger partial charge in [0.25, 0.3) is 5.91 Å². The summed E-state index contributed by atoms with van der Waals surface area (Å²) in [5.41, 5.74) is -3.40. The van der Waals surface area contributed by atoms with Gasteiger partial charge in [-0.05, 0) is 48.6 Å². The van der Waals surface area contributed by atoms with Crippen LogP contribution in [0.25, 0.3) is 0 Å². The van der Waals surface area contributed by atoms with E-state index in [-0.39, 0.29) is 11.9 Å². The number of carbonyl (C=O) groups excluding carboxylic acids is 1. The smallest absolute Gasteiger partial charge is 0.376 e. The van der Waals surface area contributed by atoms with Gasteiger partial charge >= 0.3 is 15.6 Å². The number of piperidine rings is 1. The molecule has 1 fully saturated rings. The minimum atomic E-state index is -5.75. The summed E-state index contributed by atoms with van der Waals surface area (Å²) in [5.74, 6) is -0.630. The van der Waals surface area contributed by atoms with Crippen molar-refractivity contribution < 1.29 is 30.6 Å². The summed E-state index contributed by atoms with van der Waals surface area (Å²) >= 11 is 0. The summed E-state index contributed by atoms with van der Waals surface area (Å²) in [6.07, 6.45) is 2.12. The van der Waals surface area contributed by atoms with Crippen LogP contribution in [0.3, 0.4) is 0 Å². The van der Waals surface area contributed by atoms with Crippen molar-refractivity contribution in [3.05, 3.63) is 65.2 Å². The summed E-state index contributed by atoms with van der Waals surface area (Å²) < 4.78 is 64.3. The molecular formula is C22H23F3N2O4S. The van der Waals surface area contributed by atoms with Gasteiger partial charge in [0.05, 0.1) is 0 Å². The third-order valence-corrected chi connectivity index (χ3v) is 6.91. The van der Waals surface area contributed by atoms with Crippen LogP contribution in [0.2, 0.25) is 0 Å². The number of hydrogen-bond donors (Lipinski definition) is 0. The van der Waals surface area contributed by atoms with E-state index in [0.29, 0.717) is 24.1 Å². The zero-order chi connectivity index (χ0) is 22.9. The van der Waals surface area contributed by atoms with Crippen LogP contribution < -0.4 is 4.18 Å². The van der Waals surface area contributed by atoms with Gasteiger partial charge in [-0.2, -0.15) is 21.6 Å². The van der Waals surface area contributed by atoms with Crippen LogP contribution in [0.5, 0.6) is 5.75 Å². The van der Waals surface area contributed by atoms with E-state index in [0.717, 1.165) is 38.5 Å². The summed E-state index contributed by atoms with van der Waals surface area (Å²) in [5, 5.41) is 0. The molecular weight excluding hydrogens is 445 g/mol. The zero-order valence-corrected chi connectivity index (χ0v) is 18.0. The number of nitrogens with zero attached hydrogens (tertiary/aromatic N) is 2. The number of benzene rings is 2. The van der Waals surface area contributed by atoms with Gasteiger partial charge in [-0.1, -0.05) is 30.3 Å². The topological polar surface area (TPSA) is 66.9 Å². The maximum absolute atomic E-state index is 13.0. The monoisotopic (exact) mass is 468 g/mol. The minimum Gasteiger partial charge on any atom is -0.376 e. The first-order chi connectivity index (χ1) is 15.1. The van der Waals surface area contributed by atoms with Crippen molar-refractivity contribution in [3.63, 3.8) is 0 Å². The Morgan fingerprint density at radius 3 is 2.34 bits per heavy atom. The van der Waals surface area contributed by atoms with Crippen LogP contribution >= 0.6 is 0 Å². The molecule has 0 atom stereocenters. The van der Waals surface area contributed by atoms with E-state index in [1.807, 2.05) is 23.1 Å². The number of halogens is 3. The van der Waals surface area contributed by atoms with E-state index in [1.165, 1.54) is 17.7 Å². The van der Waals surface area contributed by atoms with Crippen LogP contribution in [-0.2, 0) is 23.1 Å². The molecule has 0 aromatic heterocycles. The molecule has 0 radical (unpaired) electrons. The lowest BCUT2D eigenvalue weighted by molar-refractivity contribution is -0.0500. The van der Waals surface area contributed by atoms with Gasteiger partial charge in [0.2, 0.25) is 0 Å². The number of hydrogen-bond acceptors (Lipinski definition) is 5. The van der Waals surface area contributed by atoms with Crippen LogP contribution in [0, 0.1) is 0 Å². The molecule has 0 aliphatic carbocycles. The Morgan fingerprint density at radius 1 is 1.00 bits per heavy atom. The zero-order valence-electron chi connectivity index (χ0n) is 17.2. The average Bonchev–Trinajstić information content (AvgIpc) is 2.74. The molecule has 10 heteroatoms. The standard InChI is InChI=1S/C22H23F3N2O4S/c23-22(24,25)32(29,30)31-19-6-7-20-17(14-19)8-13-27(21(20)28)18-9-11-26(12-10-18)15-16-4-2-1-3-5-16/h1-7,14,18H,8-13,15H2. The summed E-state index contributed by atoms with van der Waals surface area (Å²) in [6.45, 7) is 3.05. The quantitative estimate of drug-likeness (QED) is 0.496. The Labute approximate surface area is 184 Å². The van der Waals surface area contributed by atoms with Gasteiger partial charge in [-0.3, -0.25) is 9.69 Å². The Hall–Kier alpha value is -2.59. The summed E-state index contributed by atoms with van der Waals surface area (Å²) in [7, 11) is -5.75. The highest BCUT2D eigenvalue weighted by molar-refractivity contribution is 7.88. The molecule has 32 heavy (non-hydrogen) atoms. The van der Waals surface area contributed by atoms with Gasteiger partial charge in [0.1, 0.15) is 5.75 Å². The van der Waals surface area contributed by atoms with Crippen molar-refractivity contribution in [1.29, 1.82) is 0 Å². The van der Waals surface area contributed by atoms with E-state index in [4.69, 9.17) is 0 Å². The molecule has 0 N–H and O–H groups in total. The number of likely N-dealkylation sites (tertiary alicyclic amines) is 1. The molecule has 1 saturated heterocycles. The number of amides is 1. The van der Waals surface area contributed by atoms with Crippen molar-refractivity contribution in [2.45, 2.75) is 37.4 Å². The van der Waals surface area contributed by atoms with Crippen LogP contribution in [0.4, 0.5) is 13.2 Å². The Morgan fingerprint density at radius 2 is 1.69 bits per heavy atom. The Balaban J connectivity index is 1.39. The van der Waals surface area contributed by atoms with Crippen molar-refractivity contribution in [1.82, 2.24) is 9.80 Å². The van der Waals surface area contributed by atoms with E-state index >= 15 is 0 Å². The van der Waals surface area contributed by atoms with Crippen molar-refractivity contribution in [3.8, 4) is 5.75 Å². The van der Waals surface area contributed by atoms with E-state index in [9.17, 15) is 26.4 Å². The fourth-order valence-electron chi connectivity index (χ4n) is 4.29. The molecule has 0 saturated carbocycles. The molecule has 4 rings (SSSR count). The molecule has 2 heterocycles. The molecule has 0 unspecified atom stereocenters. The third kappa shape index (κ3) is 4.75. The number of carbonyl (C=O) groups is 1. The lowest BCUT2D eigenvalue weighted by atomic mass is 9.94. The van der Waals surface area contributed by atoms with E-state index in [1.54, 1.807) is 0 Å². The highest BCUT2D eigenvalue weighted by Crippen LogP contribution is 2.31. The molecule has 1 amide bonds. The molecule has 2 aliphatic rings. The van der Waals surface area contributed by atoms with Crippen LogP contribution in [0.1, 0.15) is 34.3 Å². The molecule has 0 spiro atoms. The predicted molar refractivity (Wildman–Crippen MR) is 112 cm³/mol. The SMILES string of the molecule is O=C1c2ccc(OS(=O)(=O)C(F)(F)F)cc2CCN1C1CCN(Cc2ccccc2)CC1. The maximum atomic E-state index is 13.0. The molecule has 172 valence electrons. The first kappa shape index (κ1) is 22.6. The number of fused-ring (bicyclic) bond motifs is 1. The lowest BCUT2D eigenvalue weighted by Gasteiger charge is -2.40. The van der Waals surface area contributed by atoms with Gasteiger partial charge < -0.3 is 9.08 Å². The van der Waals surface area contributed by atoms with Gasteiger partial charge in [-0.15, -0.1) is 0 Å². The van der Waals surface area contributed by atoms with E-state index < -0.39 is 21.4 Å². The molecule has 2 aliphatic heterocycles. The molecule has 2 aromatic carbocycles. The highest BCUT2D eigenvalue weighted by atomic mass is 32.2. The molecule has 6 nitrogen and oxygen atoms in total. The normalized spacial score (nSPS) is 18.5. The van der Waals surface area contributed by atoms with E-state index in [2.05, 4.69) is 21.2 Å².